The van der Waals surface area contributed by atoms with Gasteiger partial charge in [0.1, 0.15) is 5.82 Å². The first kappa shape index (κ1) is 17.2. The Hall–Kier alpha value is -2.67. The van der Waals surface area contributed by atoms with E-state index in [9.17, 15) is 9.18 Å². The number of imidazole rings is 1. The minimum absolute atomic E-state index is 0.206. The largest absolute Gasteiger partial charge is 0.322 e. The number of hydrogen-bond donors (Lipinski definition) is 1. The van der Waals surface area contributed by atoms with Crippen molar-refractivity contribution in [3.05, 3.63) is 59.9 Å². The zero-order chi connectivity index (χ0) is 17.8. The van der Waals surface area contributed by atoms with Crippen LogP contribution >= 0.6 is 11.8 Å². The molecule has 25 heavy (non-hydrogen) atoms. The van der Waals surface area contributed by atoms with Gasteiger partial charge in [-0.1, -0.05) is 36.0 Å². The summed E-state index contributed by atoms with van der Waals surface area (Å²) in [6, 6.07) is 13.8. The molecule has 0 aliphatic carbocycles. The molecule has 0 atom stereocenters. The first-order chi connectivity index (χ1) is 12.0. The molecule has 0 aliphatic heterocycles. The molecule has 0 fully saturated rings. The average molecular weight is 356 g/mol. The Labute approximate surface area is 148 Å². The molecule has 0 unspecified atom stereocenters. The van der Waals surface area contributed by atoms with Crippen LogP contribution in [0.4, 0.5) is 4.39 Å². The molecule has 5 nitrogen and oxygen atoms in total. The van der Waals surface area contributed by atoms with Crippen LogP contribution in [-0.2, 0) is 11.8 Å². The second-order valence-corrected chi connectivity index (χ2v) is 6.41. The van der Waals surface area contributed by atoms with Crippen molar-refractivity contribution in [3.63, 3.8) is 0 Å². The fourth-order valence-electron chi connectivity index (χ4n) is 2.32. The third kappa shape index (κ3) is 4.06. The SMILES string of the molecule is C/C(=N/NC(=O)CSc1nc2ccccc2n1C)c1ccc(F)cc1. The van der Waals surface area contributed by atoms with Gasteiger partial charge in [0.25, 0.3) is 5.91 Å². The predicted octanol–water partition coefficient (Wildman–Crippen LogP) is 3.34. The molecule has 3 rings (SSSR count). The van der Waals surface area contributed by atoms with Crippen molar-refractivity contribution in [1.82, 2.24) is 15.0 Å². The van der Waals surface area contributed by atoms with Crippen molar-refractivity contribution in [3.8, 4) is 0 Å². The van der Waals surface area contributed by atoms with Crippen molar-refractivity contribution < 1.29 is 9.18 Å². The number of para-hydroxylation sites is 2. The van der Waals surface area contributed by atoms with E-state index in [1.165, 1.54) is 23.9 Å². The fourth-order valence-corrected chi connectivity index (χ4v) is 3.10. The molecule has 0 saturated carbocycles. The van der Waals surface area contributed by atoms with Crippen molar-refractivity contribution in [1.29, 1.82) is 0 Å². The topological polar surface area (TPSA) is 59.3 Å². The van der Waals surface area contributed by atoms with Crippen molar-refractivity contribution in [2.75, 3.05) is 5.75 Å². The van der Waals surface area contributed by atoms with Gasteiger partial charge in [-0.2, -0.15) is 5.10 Å². The molecule has 7 heteroatoms. The Morgan fingerprint density at radius 2 is 1.96 bits per heavy atom. The molecule has 0 radical (unpaired) electrons. The number of fused-ring (bicyclic) bond motifs is 1. The monoisotopic (exact) mass is 356 g/mol. The van der Waals surface area contributed by atoms with E-state index in [0.717, 1.165) is 21.8 Å². The van der Waals surface area contributed by atoms with Crippen molar-refractivity contribution >= 4 is 34.4 Å². The lowest BCUT2D eigenvalue weighted by Gasteiger charge is -2.03. The zero-order valence-electron chi connectivity index (χ0n) is 13.9. The van der Waals surface area contributed by atoms with E-state index in [4.69, 9.17) is 0 Å². The summed E-state index contributed by atoms with van der Waals surface area (Å²) >= 11 is 1.35. The lowest BCUT2D eigenvalue weighted by atomic mass is 10.1. The van der Waals surface area contributed by atoms with Crippen LogP contribution in [0.25, 0.3) is 11.0 Å². The quantitative estimate of drug-likeness (QED) is 0.433. The molecule has 1 aromatic heterocycles. The first-order valence-electron chi connectivity index (χ1n) is 7.68. The normalized spacial score (nSPS) is 11.7. The van der Waals surface area contributed by atoms with Gasteiger partial charge in [0.2, 0.25) is 0 Å². The molecule has 2 aromatic carbocycles. The van der Waals surface area contributed by atoms with Gasteiger partial charge in [0.05, 0.1) is 22.5 Å². The second kappa shape index (κ2) is 7.48. The number of nitrogens with one attached hydrogen (secondary N) is 1. The number of carbonyl (C=O) groups excluding carboxylic acids is 1. The molecule has 0 saturated heterocycles. The number of hydrogen-bond acceptors (Lipinski definition) is 4. The number of thioether (sulfide) groups is 1. The maximum Gasteiger partial charge on any atom is 0.250 e. The molecule has 1 N–H and O–H groups in total. The Kier molecular flexibility index (Phi) is 5.14. The zero-order valence-corrected chi connectivity index (χ0v) is 14.7. The highest BCUT2D eigenvalue weighted by Gasteiger charge is 2.10. The van der Waals surface area contributed by atoms with Gasteiger partial charge < -0.3 is 4.57 Å². The summed E-state index contributed by atoms with van der Waals surface area (Å²) < 4.78 is 14.9. The third-order valence-electron chi connectivity index (χ3n) is 3.69. The third-order valence-corrected chi connectivity index (χ3v) is 4.72. The van der Waals surface area contributed by atoms with E-state index >= 15 is 0 Å². The molecular weight excluding hydrogens is 339 g/mol. The molecule has 0 bridgehead atoms. The van der Waals surface area contributed by atoms with Gasteiger partial charge >= 0.3 is 0 Å². The van der Waals surface area contributed by atoms with E-state index in [1.807, 2.05) is 35.9 Å². The van der Waals surface area contributed by atoms with E-state index in [2.05, 4.69) is 15.5 Å². The van der Waals surface area contributed by atoms with E-state index in [1.54, 1.807) is 19.1 Å². The van der Waals surface area contributed by atoms with Gasteiger partial charge in [-0.15, -0.1) is 0 Å². The number of halogens is 1. The van der Waals surface area contributed by atoms with Gasteiger partial charge in [-0.05, 0) is 36.8 Å². The van der Waals surface area contributed by atoms with Crippen LogP contribution in [0.3, 0.4) is 0 Å². The van der Waals surface area contributed by atoms with Gasteiger partial charge in [0, 0.05) is 7.05 Å². The predicted molar refractivity (Wildman–Crippen MR) is 98.2 cm³/mol. The van der Waals surface area contributed by atoms with Crippen LogP contribution in [0.5, 0.6) is 0 Å². The Morgan fingerprint density at radius 3 is 2.68 bits per heavy atom. The number of aryl methyl sites for hydroxylation is 1. The summed E-state index contributed by atoms with van der Waals surface area (Å²) in [6.45, 7) is 1.76. The highest BCUT2D eigenvalue weighted by molar-refractivity contribution is 7.99. The van der Waals surface area contributed by atoms with Gasteiger partial charge in [-0.25, -0.2) is 14.8 Å². The molecule has 3 aromatic rings. The molecule has 0 spiro atoms. The number of rotatable bonds is 5. The van der Waals surface area contributed by atoms with E-state index in [-0.39, 0.29) is 17.5 Å². The number of nitrogens with zero attached hydrogens (tertiary/aromatic N) is 3. The number of carbonyl (C=O) groups is 1. The summed E-state index contributed by atoms with van der Waals surface area (Å²) in [5.74, 6) is -0.324. The Morgan fingerprint density at radius 1 is 1.24 bits per heavy atom. The lowest BCUT2D eigenvalue weighted by molar-refractivity contribution is -0.118. The number of amides is 1. The Balaban J connectivity index is 1.59. The highest BCUT2D eigenvalue weighted by Crippen LogP contribution is 2.22. The number of benzene rings is 2. The Bertz CT molecular complexity index is 934. The highest BCUT2D eigenvalue weighted by atomic mass is 32.2. The molecule has 1 amide bonds. The second-order valence-electron chi connectivity index (χ2n) is 5.47. The summed E-state index contributed by atoms with van der Waals surface area (Å²) in [7, 11) is 1.92. The average Bonchev–Trinajstić information content (AvgIpc) is 2.95. The number of aromatic nitrogens is 2. The molecule has 0 aliphatic rings. The molecule has 1 heterocycles. The summed E-state index contributed by atoms with van der Waals surface area (Å²) in [6.07, 6.45) is 0. The summed E-state index contributed by atoms with van der Waals surface area (Å²) in [5, 5.41) is 4.83. The first-order valence-corrected chi connectivity index (χ1v) is 8.66. The minimum atomic E-state index is -0.306. The van der Waals surface area contributed by atoms with Crippen LogP contribution in [0.2, 0.25) is 0 Å². The lowest BCUT2D eigenvalue weighted by Crippen LogP contribution is -2.21. The van der Waals surface area contributed by atoms with Crippen LogP contribution in [0.1, 0.15) is 12.5 Å². The van der Waals surface area contributed by atoms with Gasteiger partial charge in [-0.3, -0.25) is 4.79 Å². The van der Waals surface area contributed by atoms with E-state index in [0.29, 0.717) is 5.71 Å². The van der Waals surface area contributed by atoms with Crippen LogP contribution in [0, 0.1) is 5.82 Å². The summed E-state index contributed by atoms with van der Waals surface area (Å²) in [4.78, 5) is 16.5. The molecule has 128 valence electrons. The smallest absolute Gasteiger partial charge is 0.250 e. The molecular formula is C18H17FN4OS. The van der Waals surface area contributed by atoms with Crippen LogP contribution in [-0.4, -0.2) is 26.9 Å². The van der Waals surface area contributed by atoms with Crippen LogP contribution in [0.15, 0.2) is 58.8 Å². The maximum absolute atomic E-state index is 12.9. The summed E-state index contributed by atoms with van der Waals surface area (Å²) in [5.41, 5.74) is 5.81. The standard InChI is InChI=1S/C18H17FN4OS/c1-12(13-7-9-14(19)10-8-13)21-22-17(24)11-25-18-20-15-5-3-4-6-16(15)23(18)2/h3-10H,11H2,1-2H3,(H,22,24)/b21-12-. The number of hydrazone groups is 1. The maximum atomic E-state index is 12.9. The van der Waals surface area contributed by atoms with E-state index < -0.39 is 0 Å². The minimum Gasteiger partial charge on any atom is -0.322 e. The van der Waals surface area contributed by atoms with Crippen LogP contribution < -0.4 is 5.43 Å². The fraction of sp³-hybridized carbons (Fsp3) is 0.167. The van der Waals surface area contributed by atoms with Crippen molar-refractivity contribution in [2.24, 2.45) is 12.1 Å². The van der Waals surface area contributed by atoms with Crippen molar-refractivity contribution in [2.45, 2.75) is 12.1 Å². The van der Waals surface area contributed by atoms with Gasteiger partial charge in [0.15, 0.2) is 5.16 Å².